The number of carbonyl (C=O) groups is 1. The van der Waals surface area contributed by atoms with Crippen molar-refractivity contribution < 1.29 is 13.9 Å². The third kappa shape index (κ3) is 4.76. The molecule has 25 heavy (non-hydrogen) atoms. The molecule has 1 aromatic heterocycles. The Morgan fingerprint density at radius 3 is 2.76 bits per heavy atom. The summed E-state index contributed by atoms with van der Waals surface area (Å²) in [6.07, 6.45) is 2.45. The Bertz CT molecular complexity index is 664. The molecule has 0 saturated carbocycles. The van der Waals surface area contributed by atoms with Crippen molar-refractivity contribution in [2.24, 2.45) is 0 Å². The van der Waals surface area contributed by atoms with Crippen molar-refractivity contribution >= 4 is 11.6 Å². The molecule has 0 atom stereocenters. The Labute approximate surface area is 148 Å². The highest BCUT2D eigenvalue weighted by Gasteiger charge is 2.17. The molecule has 0 spiro atoms. The number of anilines is 1. The predicted molar refractivity (Wildman–Crippen MR) is 97.3 cm³/mol. The van der Waals surface area contributed by atoms with Crippen LogP contribution in [-0.2, 0) is 0 Å². The average molecular weight is 343 g/mol. The standard InChI is InChI=1S/C19H25N3O3/c1-24-17-6-2-5-16(15-17)22-12-10-21(11-13-22)9-4-8-20-19(23)18-7-3-14-25-18/h2-3,5-7,14-15H,4,8-13H2,1H3,(H,20,23). The summed E-state index contributed by atoms with van der Waals surface area (Å²) in [4.78, 5) is 16.6. The highest BCUT2D eigenvalue weighted by molar-refractivity contribution is 5.91. The number of rotatable bonds is 7. The van der Waals surface area contributed by atoms with Crippen molar-refractivity contribution in [3.05, 3.63) is 48.4 Å². The Balaban J connectivity index is 1.36. The fraction of sp³-hybridized carbons (Fsp3) is 0.421. The zero-order chi connectivity index (χ0) is 17.5. The molecule has 0 unspecified atom stereocenters. The molecule has 1 amide bonds. The fourth-order valence-corrected chi connectivity index (χ4v) is 3.04. The van der Waals surface area contributed by atoms with Gasteiger partial charge in [0.15, 0.2) is 5.76 Å². The van der Waals surface area contributed by atoms with Crippen LogP contribution in [0, 0.1) is 0 Å². The summed E-state index contributed by atoms with van der Waals surface area (Å²) < 4.78 is 10.4. The second-order valence-corrected chi connectivity index (χ2v) is 6.12. The Kier molecular flexibility index (Phi) is 5.95. The number of furan rings is 1. The molecular formula is C19H25N3O3. The van der Waals surface area contributed by atoms with Crippen LogP contribution in [0.25, 0.3) is 0 Å². The molecule has 0 aliphatic carbocycles. The number of hydrogen-bond acceptors (Lipinski definition) is 5. The van der Waals surface area contributed by atoms with E-state index in [1.807, 2.05) is 12.1 Å². The summed E-state index contributed by atoms with van der Waals surface area (Å²) in [5.74, 6) is 1.12. The number of carbonyl (C=O) groups excluding carboxylic acids is 1. The van der Waals surface area contributed by atoms with Crippen LogP contribution in [0.2, 0.25) is 0 Å². The largest absolute Gasteiger partial charge is 0.497 e. The number of ether oxygens (including phenoxy) is 1. The van der Waals surface area contributed by atoms with Gasteiger partial charge in [-0.3, -0.25) is 9.69 Å². The lowest BCUT2D eigenvalue weighted by molar-refractivity contribution is 0.0924. The second kappa shape index (κ2) is 8.58. The average Bonchev–Trinajstić information content (AvgIpc) is 3.20. The van der Waals surface area contributed by atoms with Crippen molar-refractivity contribution in [2.75, 3.05) is 51.3 Å². The summed E-state index contributed by atoms with van der Waals surface area (Å²) >= 11 is 0. The van der Waals surface area contributed by atoms with Crippen molar-refractivity contribution in [3.8, 4) is 5.75 Å². The molecular weight excluding hydrogens is 318 g/mol. The number of piperazine rings is 1. The minimum Gasteiger partial charge on any atom is -0.497 e. The first kappa shape index (κ1) is 17.4. The van der Waals surface area contributed by atoms with Gasteiger partial charge in [-0.2, -0.15) is 0 Å². The van der Waals surface area contributed by atoms with Gasteiger partial charge in [0, 0.05) is 44.5 Å². The predicted octanol–water partition coefficient (Wildman–Crippen LogP) is 2.23. The number of hydrogen-bond donors (Lipinski definition) is 1. The van der Waals surface area contributed by atoms with E-state index in [0.717, 1.165) is 44.9 Å². The van der Waals surface area contributed by atoms with Crippen molar-refractivity contribution in [1.29, 1.82) is 0 Å². The maximum absolute atomic E-state index is 11.8. The molecule has 3 rings (SSSR count). The molecule has 2 aromatic rings. The van der Waals surface area contributed by atoms with Crippen LogP contribution in [0.15, 0.2) is 47.1 Å². The Morgan fingerprint density at radius 1 is 1.20 bits per heavy atom. The molecule has 134 valence electrons. The van der Waals surface area contributed by atoms with Crippen LogP contribution in [0.5, 0.6) is 5.75 Å². The van der Waals surface area contributed by atoms with Gasteiger partial charge in [-0.1, -0.05) is 6.07 Å². The van der Waals surface area contributed by atoms with Gasteiger partial charge in [-0.05, 0) is 37.2 Å². The van der Waals surface area contributed by atoms with Gasteiger partial charge >= 0.3 is 0 Å². The third-order valence-corrected chi connectivity index (χ3v) is 4.47. The van der Waals surface area contributed by atoms with E-state index < -0.39 is 0 Å². The van der Waals surface area contributed by atoms with Gasteiger partial charge in [0.1, 0.15) is 5.75 Å². The number of nitrogens with zero attached hydrogens (tertiary/aromatic N) is 2. The van der Waals surface area contributed by atoms with Gasteiger partial charge in [0.25, 0.3) is 5.91 Å². The van der Waals surface area contributed by atoms with Crippen LogP contribution in [0.1, 0.15) is 17.0 Å². The van der Waals surface area contributed by atoms with Crippen LogP contribution in [-0.4, -0.2) is 57.2 Å². The summed E-state index contributed by atoms with van der Waals surface area (Å²) in [7, 11) is 1.70. The highest BCUT2D eigenvalue weighted by atomic mass is 16.5. The lowest BCUT2D eigenvalue weighted by Gasteiger charge is -2.36. The first-order valence-corrected chi connectivity index (χ1v) is 8.69. The molecule has 0 bridgehead atoms. The lowest BCUT2D eigenvalue weighted by atomic mass is 10.2. The number of nitrogens with one attached hydrogen (secondary N) is 1. The SMILES string of the molecule is COc1cccc(N2CCN(CCCNC(=O)c3ccco3)CC2)c1. The van der Waals surface area contributed by atoms with E-state index in [0.29, 0.717) is 12.3 Å². The first-order chi connectivity index (χ1) is 12.3. The van der Waals surface area contributed by atoms with E-state index in [1.165, 1.54) is 12.0 Å². The van der Waals surface area contributed by atoms with E-state index in [4.69, 9.17) is 9.15 Å². The molecule has 6 nitrogen and oxygen atoms in total. The van der Waals surface area contributed by atoms with Crippen molar-refractivity contribution in [3.63, 3.8) is 0 Å². The first-order valence-electron chi connectivity index (χ1n) is 8.69. The normalized spacial score (nSPS) is 15.2. The van der Waals surface area contributed by atoms with Crippen LogP contribution in [0.3, 0.4) is 0 Å². The molecule has 1 aromatic carbocycles. The van der Waals surface area contributed by atoms with Crippen LogP contribution < -0.4 is 15.0 Å². The Morgan fingerprint density at radius 2 is 2.04 bits per heavy atom. The van der Waals surface area contributed by atoms with Gasteiger partial charge in [0.05, 0.1) is 13.4 Å². The zero-order valence-corrected chi connectivity index (χ0v) is 14.6. The van der Waals surface area contributed by atoms with Crippen molar-refractivity contribution in [2.45, 2.75) is 6.42 Å². The third-order valence-electron chi connectivity index (χ3n) is 4.47. The van der Waals surface area contributed by atoms with E-state index in [2.05, 4.69) is 27.2 Å². The fourth-order valence-electron chi connectivity index (χ4n) is 3.04. The van der Waals surface area contributed by atoms with E-state index >= 15 is 0 Å². The number of amides is 1. The van der Waals surface area contributed by atoms with E-state index in [9.17, 15) is 4.79 Å². The Hall–Kier alpha value is -2.47. The second-order valence-electron chi connectivity index (χ2n) is 6.12. The zero-order valence-electron chi connectivity index (χ0n) is 14.6. The van der Waals surface area contributed by atoms with Crippen LogP contribution in [0.4, 0.5) is 5.69 Å². The molecule has 0 radical (unpaired) electrons. The van der Waals surface area contributed by atoms with E-state index in [-0.39, 0.29) is 5.91 Å². The molecule has 1 saturated heterocycles. The van der Waals surface area contributed by atoms with Crippen molar-refractivity contribution in [1.82, 2.24) is 10.2 Å². The number of methoxy groups -OCH3 is 1. The quantitative estimate of drug-likeness (QED) is 0.781. The molecule has 1 aliphatic rings. The number of benzene rings is 1. The minimum absolute atomic E-state index is 0.146. The molecule has 2 heterocycles. The molecule has 1 aliphatic heterocycles. The van der Waals surface area contributed by atoms with Crippen LogP contribution >= 0.6 is 0 Å². The monoisotopic (exact) mass is 343 g/mol. The maximum atomic E-state index is 11.8. The van der Waals surface area contributed by atoms with Gasteiger partial charge < -0.3 is 19.4 Å². The topological polar surface area (TPSA) is 58.0 Å². The molecule has 1 fully saturated rings. The highest BCUT2D eigenvalue weighted by Crippen LogP contribution is 2.22. The van der Waals surface area contributed by atoms with Gasteiger partial charge in [-0.25, -0.2) is 0 Å². The molecule has 6 heteroatoms. The smallest absolute Gasteiger partial charge is 0.286 e. The van der Waals surface area contributed by atoms with E-state index in [1.54, 1.807) is 19.2 Å². The maximum Gasteiger partial charge on any atom is 0.286 e. The van der Waals surface area contributed by atoms with Gasteiger partial charge in [0.2, 0.25) is 0 Å². The summed E-state index contributed by atoms with van der Waals surface area (Å²) in [6, 6.07) is 11.6. The van der Waals surface area contributed by atoms with Gasteiger partial charge in [-0.15, -0.1) is 0 Å². The minimum atomic E-state index is -0.146. The lowest BCUT2D eigenvalue weighted by Crippen LogP contribution is -2.47. The summed E-state index contributed by atoms with van der Waals surface area (Å²) in [6.45, 7) is 5.73. The summed E-state index contributed by atoms with van der Waals surface area (Å²) in [5.41, 5.74) is 1.21. The molecule has 1 N–H and O–H groups in total. The summed E-state index contributed by atoms with van der Waals surface area (Å²) in [5, 5.41) is 2.89.